The van der Waals surface area contributed by atoms with Gasteiger partial charge in [-0.3, -0.25) is 0 Å². The van der Waals surface area contributed by atoms with Gasteiger partial charge in [-0.1, -0.05) is 0 Å². The normalized spacial score (nSPS) is 10.5. The number of carboxylic acids is 1. The summed E-state index contributed by atoms with van der Waals surface area (Å²) < 4.78 is 5.21. The molecule has 0 aliphatic rings. The van der Waals surface area contributed by atoms with Crippen LogP contribution in [0.1, 0.15) is 10.4 Å². The number of hydrogen-bond acceptors (Lipinski definition) is 5. The topological polar surface area (TPSA) is 80.4 Å². The van der Waals surface area contributed by atoms with Crippen molar-refractivity contribution in [1.82, 2.24) is 4.98 Å². The molecule has 6 heteroatoms. The van der Waals surface area contributed by atoms with Gasteiger partial charge in [-0.05, 0) is 6.07 Å². The summed E-state index contributed by atoms with van der Waals surface area (Å²) >= 11 is 1.22. The maximum atomic E-state index is 11.0. The number of thiazole rings is 1. The molecule has 2 aromatic heterocycles. The molecular formula is C7H3NO4S. The van der Waals surface area contributed by atoms with Crippen molar-refractivity contribution in [2.45, 2.75) is 0 Å². The Kier molecular flexibility index (Phi) is 1.63. The summed E-state index contributed by atoms with van der Waals surface area (Å²) in [6.45, 7) is 0. The van der Waals surface area contributed by atoms with E-state index in [2.05, 4.69) is 9.40 Å². The second-order valence-electron chi connectivity index (χ2n) is 2.27. The Morgan fingerprint density at radius 1 is 1.62 bits per heavy atom. The lowest BCUT2D eigenvalue weighted by Gasteiger charge is -1.90. The minimum absolute atomic E-state index is 0.181. The number of aromatic carboxylic acids is 1. The van der Waals surface area contributed by atoms with Gasteiger partial charge in [0.2, 0.25) is 5.71 Å². The number of carboxylic acid groups (broad SMARTS) is 1. The van der Waals surface area contributed by atoms with Crippen molar-refractivity contribution in [3.63, 3.8) is 0 Å². The molecule has 2 aromatic rings. The minimum Gasteiger partial charge on any atom is -0.477 e. The SMILES string of the molecule is O=C(O)c1cc2scnc2oc1=O. The zero-order valence-corrected chi connectivity index (χ0v) is 7.00. The van der Waals surface area contributed by atoms with Crippen LogP contribution in [0, 0.1) is 0 Å². The summed E-state index contributed by atoms with van der Waals surface area (Å²) in [6.07, 6.45) is 0. The van der Waals surface area contributed by atoms with Gasteiger partial charge in [-0.2, -0.15) is 0 Å². The van der Waals surface area contributed by atoms with Crippen molar-refractivity contribution in [1.29, 1.82) is 0 Å². The van der Waals surface area contributed by atoms with E-state index < -0.39 is 11.6 Å². The van der Waals surface area contributed by atoms with Crippen LogP contribution in [0.15, 0.2) is 20.8 Å². The molecule has 0 radical (unpaired) electrons. The molecular weight excluding hydrogens is 194 g/mol. The van der Waals surface area contributed by atoms with E-state index in [1.165, 1.54) is 22.9 Å². The minimum atomic E-state index is -1.29. The van der Waals surface area contributed by atoms with Gasteiger partial charge in [0.1, 0.15) is 5.56 Å². The number of fused-ring (bicyclic) bond motifs is 1. The average molecular weight is 197 g/mol. The second kappa shape index (κ2) is 2.67. The van der Waals surface area contributed by atoms with Gasteiger partial charge in [-0.15, -0.1) is 11.3 Å². The molecule has 0 saturated carbocycles. The van der Waals surface area contributed by atoms with Crippen LogP contribution in [-0.4, -0.2) is 16.1 Å². The van der Waals surface area contributed by atoms with Crippen molar-refractivity contribution in [2.75, 3.05) is 0 Å². The highest BCUT2D eigenvalue weighted by Gasteiger charge is 2.12. The molecule has 1 N–H and O–H groups in total. The Morgan fingerprint density at radius 2 is 2.38 bits per heavy atom. The third-order valence-corrected chi connectivity index (χ3v) is 2.23. The fourth-order valence-corrected chi connectivity index (χ4v) is 1.54. The summed E-state index contributed by atoms with van der Waals surface area (Å²) in [5, 5.41) is 8.59. The predicted octanol–water partition coefficient (Wildman–Crippen LogP) is 0.948. The van der Waals surface area contributed by atoms with Gasteiger partial charge < -0.3 is 9.52 Å². The summed E-state index contributed by atoms with van der Waals surface area (Å²) in [7, 11) is 0. The molecule has 2 rings (SSSR count). The molecule has 0 bridgehead atoms. The largest absolute Gasteiger partial charge is 0.477 e. The highest BCUT2D eigenvalue weighted by atomic mass is 32.1. The fourth-order valence-electron chi connectivity index (χ4n) is 0.899. The van der Waals surface area contributed by atoms with Crippen LogP contribution in [0.4, 0.5) is 0 Å². The number of hydrogen-bond donors (Lipinski definition) is 1. The van der Waals surface area contributed by atoms with E-state index in [4.69, 9.17) is 5.11 Å². The van der Waals surface area contributed by atoms with Crippen LogP contribution in [0.5, 0.6) is 0 Å². The van der Waals surface area contributed by atoms with Crippen LogP contribution in [0.25, 0.3) is 10.4 Å². The van der Waals surface area contributed by atoms with Crippen molar-refractivity contribution in [2.24, 2.45) is 0 Å². The zero-order valence-electron chi connectivity index (χ0n) is 6.18. The van der Waals surface area contributed by atoms with Gasteiger partial charge in [0.25, 0.3) is 0 Å². The van der Waals surface area contributed by atoms with Gasteiger partial charge in [0.05, 0.1) is 10.2 Å². The van der Waals surface area contributed by atoms with E-state index in [1.54, 1.807) is 0 Å². The van der Waals surface area contributed by atoms with Crippen molar-refractivity contribution < 1.29 is 14.3 Å². The molecule has 66 valence electrons. The number of nitrogens with zero attached hydrogens (tertiary/aromatic N) is 1. The summed E-state index contributed by atoms with van der Waals surface area (Å²) in [5.74, 6) is -1.29. The molecule has 13 heavy (non-hydrogen) atoms. The Balaban J connectivity index is 2.84. The van der Waals surface area contributed by atoms with Crippen LogP contribution < -0.4 is 5.63 Å². The lowest BCUT2D eigenvalue weighted by molar-refractivity contribution is 0.0692. The van der Waals surface area contributed by atoms with E-state index in [1.807, 2.05) is 0 Å². The molecule has 0 unspecified atom stereocenters. The van der Waals surface area contributed by atoms with Crippen LogP contribution in [0.2, 0.25) is 0 Å². The van der Waals surface area contributed by atoms with E-state index in [9.17, 15) is 9.59 Å². The van der Waals surface area contributed by atoms with Gasteiger partial charge in [-0.25, -0.2) is 14.6 Å². The predicted molar refractivity (Wildman–Crippen MR) is 45.1 cm³/mol. The van der Waals surface area contributed by atoms with Gasteiger partial charge in [0, 0.05) is 0 Å². The van der Waals surface area contributed by atoms with Crippen LogP contribution in [-0.2, 0) is 0 Å². The maximum Gasteiger partial charge on any atom is 0.352 e. The lowest BCUT2D eigenvalue weighted by Crippen LogP contribution is -2.12. The first-order valence-electron chi connectivity index (χ1n) is 3.29. The molecule has 0 saturated heterocycles. The Bertz CT molecular complexity index is 527. The van der Waals surface area contributed by atoms with Crippen molar-refractivity contribution in [3.8, 4) is 0 Å². The monoisotopic (exact) mass is 197 g/mol. The Morgan fingerprint density at radius 3 is 3.08 bits per heavy atom. The van der Waals surface area contributed by atoms with E-state index in [0.717, 1.165) is 0 Å². The standard InChI is InChI=1S/C7H3NO4S/c9-6(10)3-1-4-5(8-2-13-4)12-7(3)11/h1-2H,(H,9,10). The van der Waals surface area contributed by atoms with Crippen molar-refractivity contribution >= 4 is 27.7 Å². The first-order valence-corrected chi connectivity index (χ1v) is 4.17. The lowest BCUT2D eigenvalue weighted by atomic mass is 10.3. The highest BCUT2D eigenvalue weighted by Crippen LogP contribution is 2.16. The third-order valence-electron chi connectivity index (χ3n) is 1.48. The maximum absolute atomic E-state index is 11.0. The quantitative estimate of drug-likeness (QED) is 0.736. The first kappa shape index (κ1) is 7.93. The fraction of sp³-hybridized carbons (Fsp3) is 0. The smallest absolute Gasteiger partial charge is 0.352 e. The molecule has 0 aliphatic heterocycles. The molecule has 5 nitrogen and oxygen atoms in total. The summed E-state index contributed by atoms with van der Waals surface area (Å²) in [6, 6.07) is 1.27. The molecule has 0 amide bonds. The van der Waals surface area contributed by atoms with E-state index in [0.29, 0.717) is 4.70 Å². The summed E-state index contributed by atoms with van der Waals surface area (Å²) in [4.78, 5) is 25.2. The number of aromatic nitrogens is 1. The van der Waals surface area contributed by atoms with Crippen molar-refractivity contribution in [3.05, 3.63) is 27.6 Å². The summed E-state index contributed by atoms with van der Waals surface area (Å²) in [5.41, 5.74) is 0.432. The van der Waals surface area contributed by atoms with Crippen LogP contribution in [0.3, 0.4) is 0 Å². The van der Waals surface area contributed by atoms with E-state index in [-0.39, 0.29) is 11.3 Å². The molecule has 0 atom stereocenters. The molecule has 0 aromatic carbocycles. The molecule has 2 heterocycles. The van der Waals surface area contributed by atoms with Gasteiger partial charge in [0.15, 0.2) is 0 Å². The Labute approximate surface area is 75.3 Å². The number of rotatable bonds is 1. The van der Waals surface area contributed by atoms with E-state index >= 15 is 0 Å². The number of carbonyl (C=O) groups is 1. The first-order chi connectivity index (χ1) is 6.18. The molecule has 0 aliphatic carbocycles. The average Bonchev–Trinajstić information content (AvgIpc) is 2.48. The second-order valence-corrected chi connectivity index (χ2v) is 3.16. The third kappa shape index (κ3) is 1.20. The van der Waals surface area contributed by atoms with Crippen LogP contribution >= 0.6 is 11.3 Å². The molecule has 0 spiro atoms. The Hall–Kier alpha value is -1.69. The molecule has 0 fully saturated rings. The highest BCUT2D eigenvalue weighted by molar-refractivity contribution is 7.16. The van der Waals surface area contributed by atoms with Gasteiger partial charge >= 0.3 is 11.6 Å². The zero-order chi connectivity index (χ0) is 9.42.